The topological polar surface area (TPSA) is 77.2 Å². The Balaban J connectivity index is 2.13. The van der Waals surface area contributed by atoms with Crippen LogP contribution in [0.25, 0.3) is 0 Å². The third-order valence-corrected chi connectivity index (χ3v) is 3.70. The Morgan fingerprint density at radius 1 is 1.43 bits per heavy atom. The van der Waals surface area contributed by atoms with Crippen LogP contribution >= 0.6 is 0 Å². The Labute approximate surface area is 126 Å². The normalized spacial score (nSPS) is 22.9. The largest absolute Gasteiger partial charge is 0.384 e. The van der Waals surface area contributed by atoms with E-state index in [1.165, 1.54) is 0 Å². The molecule has 1 amide bonds. The van der Waals surface area contributed by atoms with E-state index in [2.05, 4.69) is 31.1 Å². The van der Waals surface area contributed by atoms with E-state index in [1.54, 1.807) is 6.07 Å². The molecule has 1 aromatic heterocycles. The number of pyridine rings is 1. The molecule has 1 fully saturated rings. The van der Waals surface area contributed by atoms with Gasteiger partial charge in [0.15, 0.2) is 0 Å². The second-order valence-corrected chi connectivity index (χ2v) is 6.79. The highest BCUT2D eigenvalue weighted by Gasteiger charge is 2.23. The molecule has 116 valence electrons. The highest BCUT2D eigenvalue weighted by atomic mass is 16.5. The molecular weight excluding hydrogens is 266 g/mol. The molecule has 3 N–H and O–H groups in total. The van der Waals surface area contributed by atoms with E-state index < -0.39 is 0 Å². The molecule has 0 spiro atoms. The van der Waals surface area contributed by atoms with Gasteiger partial charge in [-0.1, -0.05) is 20.8 Å². The number of rotatable bonds is 2. The number of hydrogen-bond donors (Lipinski definition) is 2. The minimum Gasteiger partial charge on any atom is -0.384 e. The highest BCUT2D eigenvalue weighted by Crippen LogP contribution is 2.23. The van der Waals surface area contributed by atoms with Crippen molar-refractivity contribution in [1.29, 1.82) is 0 Å². The SMILES string of the molecule is CC1CC(NC(=O)c2cc(N)nc(C(C)(C)C)c2)CCO1. The van der Waals surface area contributed by atoms with Crippen molar-refractivity contribution in [3.8, 4) is 0 Å². The number of carbonyl (C=O) groups is 1. The Hall–Kier alpha value is -1.62. The molecular formula is C16H25N3O2. The minimum absolute atomic E-state index is 0.0892. The summed E-state index contributed by atoms with van der Waals surface area (Å²) in [6.07, 6.45) is 1.89. The molecule has 0 saturated carbocycles. The lowest BCUT2D eigenvalue weighted by Gasteiger charge is -2.28. The average molecular weight is 291 g/mol. The standard InChI is InChI=1S/C16H25N3O2/c1-10-7-12(5-6-21-10)18-15(20)11-8-13(16(2,3)4)19-14(17)9-11/h8-10,12H,5-7H2,1-4H3,(H2,17,19)(H,18,20). The molecule has 1 saturated heterocycles. The summed E-state index contributed by atoms with van der Waals surface area (Å²) in [5, 5.41) is 3.07. The van der Waals surface area contributed by atoms with Crippen LogP contribution in [0.3, 0.4) is 0 Å². The molecule has 5 nitrogen and oxygen atoms in total. The van der Waals surface area contributed by atoms with Crippen LogP contribution in [0.2, 0.25) is 0 Å². The quantitative estimate of drug-likeness (QED) is 0.876. The molecule has 1 aliphatic rings. The molecule has 0 bridgehead atoms. The van der Waals surface area contributed by atoms with Gasteiger partial charge in [0, 0.05) is 29.3 Å². The highest BCUT2D eigenvalue weighted by molar-refractivity contribution is 5.95. The lowest BCUT2D eigenvalue weighted by Crippen LogP contribution is -2.41. The maximum atomic E-state index is 12.4. The summed E-state index contributed by atoms with van der Waals surface area (Å²) >= 11 is 0. The second kappa shape index (κ2) is 6.02. The summed E-state index contributed by atoms with van der Waals surface area (Å²) in [7, 11) is 0. The van der Waals surface area contributed by atoms with Crippen molar-refractivity contribution in [3.05, 3.63) is 23.4 Å². The van der Waals surface area contributed by atoms with Crippen molar-refractivity contribution in [3.63, 3.8) is 0 Å². The Morgan fingerprint density at radius 3 is 2.76 bits per heavy atom. The number of aromatic nitrogens is 1. The van der Waals surface area contributed by atoms with Crippen LogP contribution in [0, 0.1) is 0 Å². The number of carbonyl (C=O) groups excluding carboxylic acids is 1. The van der Waals surface area contributed by atoms with Gasteiger partial charge in [-0.15, -0.1) is 0 Å². The summed E-state index contributed by atoms with van der Waals surface area (Å²) < 4.78 is 5.50. The van der Waals surface area contributed by atoms with Crippen molar-refractivity contribution in [1.82, 2.24) is 10.3 Å². The third kappa shape index (κ3) is 4.17. The van der Waals surface area contributed by atoms with E-state index in [0.29, 0.717) is 18.0 Å². The number of hydrogen-bond acceptors (Lipinski definition) is 4. The summed E-state index contributed by atoms with van der Waals surface area (Å²) in [5.74, 6) is 0.293. The molecule has 1 aliphatic heterocycles. The van der Waals surface area contributed by atoms with E-state index in [-0.39, 0.29) is 23.5 Å². The number of nitrogen functional groups attached to an aromatic ring is 1. The van der Waals surface area contributed by atoms with Crippen LogP contribution in [0.4, 0.5) is 5.82 Å². The first kappa shape index (κ1) is 15.8. The zero-order valence-corrected chi connectivity index (χ0v) is 13.3. The van der Waals surface area contributed by atoms with Crippen molar-refractivity contribution in [2.24, 2.45) is 0 Å². The van der Waals surface area contributed by atoms with Gasteiger partial charge in [0.1, 0.15) is 5.82 Å². The summed E-state index contributed by atoms with van der Waals surface area (Å²) in [4.78, 5) is 16.7. The third-order valence-electron chi connectivity index (χ3n) is 3.70. The van der Waals surface area contributed by atoms with Gasteiger partial charge in [-0.2, -0.15) is 0 Å². The number of nitrogens with zero attached hydrogens (tertiary/aromatic N) is 1. The second-order valence-electron chi connectivity index (χ2n) is 6.79. The van der Waals surface area contributed by atoms with Gasteiger partial charge in [0.25, 0.3) is 5.91 Å². The van der Waals surface area contributed by atoms with Crippen molar-refractivity contribution in [2.75, 3.05) is 12.3 Å². The van der Waals surface area contributed by atoms with Gasteiger partial charge in [-0.25, -0.2) is 4.98 Å². The zero-order chi connectivity index (χ0) is 15.6. The van der Waals surface area contributed by atoms with Crippen molar-refractivity contribution < 1.29 is 9.53 Å². The van der Waals surface area contributed by atoms with E-state index >= 15 is 0 Å². The van der Waals surface area contributed by atoms with Crippen LogP contribution < -0.4 is 11.1 Å². The first-order valence-electron chi connectivity index (χ1n) is 7.46. The van der Waals surface area contributed by atoms with E-state index in [4.69, 9.17) is 10.5 Å². The molecule has 1 aromatic rings. The molecule has 2 heterocycles. The van der Waals surface area contributed by atoms with Gasteiger partial charge in [0.2, 0.25) is 0 Å². The summed E-state index contributed by atoms with van der Waals surface area (Å²) in [5.41, 5.74) is 7.10. The van der Waals surface area contributed by atoms with Gasteiger partial charge in [-0.3, -0.25) is 4.79 Å². The van der Waals surface area contributed by atoms with E-state index in [9.17, 15) is 4.79 Å². The Morgan fingerprint density at radius 2 is 2.14 bits per heavy atom. The smallest absolute Gasteiger partial charge is 0.251 e. The monoisotopic (exact) mass is 291 g/mol. The van der Waals surface area contributed by atoms with Gasteiger partial charge in [0.05, 0.1) is 6.10 Å². The van der Waals surface area contributed by atoms with Gasteiger partial charge >= 0.3 is 0 Å². The number of ether oxygens (including phenoxy) is 1. The molecule has 2 atom stereocenters. The van der Waals surface area contributed by atoms with Gasteiger partial charge in [-0.05, 0) is 31.9 Å². The molecule has 0 aromatic carbocycles. The van der Waals surface area contributed by atoms with Crippen molar-refractivity contribution >= 4 is 11.7 Å². The summed E-state index contributed by atoms with van der Waals surface area (Å²) in [6, 6.07) is 3.62. The summed E-state index contributed by atoms with van der Waals surface area (Å²) in [6.45, 7) is 8.88. The van der Waals surface area contributed by atoms with Gasteiger partial charge < -0.3 is 15.8 Å². The van der Waals surface area contributed by atoms with Crippen LogP contribution in [-0.4, -0.2) is 29.6 Å². The first-order chi connectivity index (χ1) is 9.75. The number of amides is 1. The maximum Gasteiger partial charge on any atom is 0.251 e. The molecule has 5 heteroatoms. The van der Waals surface area contributed by atoms with Crippen LogP contribution in [-0.2, 0) is 10.2 Å². The van der Waals surface area contributed by atoms with Crippen molar-refractivity contribution in [2.45, 2.75) is 58.1 Å². The van der Waals surface area contributed by atoms with Crippen LogP contribution in [0.1, 0.15) is 56.6 Å². The fraction of sp³-hybridized carbons (Fsp3) is 0.625. The molecule has 21 heavy (non-hydrogen) atoms. The number of anilines is 1. The Kier molecular flexibility index (Phi) is 4.52. The van der Waals surface area contributed by atoms with E-state index in [1.807, 2.05) is 13.0 Å². The van der Waals surface area contributed by atoms with Crippen LogP contribution in [0.5, 0.6) is 0 Å². The lowest BCUT2D eigenvalue weighted by atomic mass is 9.90. The maximum absolute atomic E-state index is 12.4. The molecule has 0 aliphatic carbocycles. The predicted molar refractivity (Wildman–Crippen MR) is 83.3 cm³/mol. The van der Waals surface area contributed by atoms with Crippen LogP contribution in [0.15, 0.2) is 12.1 Å². The predicted octanol–water partition coefficient (Wildman–Crippen LogP) is 2.26. The Bertz CT molecular complexity index is 523. The molecule has 2 rings (SSSR count). The van der Waals surface area contributed by atoms with E-state index in [0.717, 1.165) is 18.5 Å². The average Bonchev–Trinajstić information content (AvgIpc) is 2.37. The zero-order valence-electron chi connectivity index (χ0n) is 13.3. The fourth-order valence-corrected chi connectivity index (χ4v) is 2.47. The molecule has 0 radical (unpaired) electrons. The fourth-order valence-electron chi connectivity index (χ4n) is 2.47. The number of nitrogens with two attached hydrogens (primary N) is 1. The lowest BCUT2D eigenvalue weighted by molar-refractivity contribution is 0.0136. The molecule has 2 unspecified atom stereocenters. The minimum atomic E-state index is -0.141. The number of nitrogens with one attached hydrogen (secondary N) is 1. The first-order valence-corrected chi connectivity index (χ1v) is 7.46.